The third-order valence-electron chi connectivity index (χ3n) is 2.07. The molecule has 17 heavy (non-hydrogen) atoms. The molecular formula is C9H11N5OS2. The van der Waals surface area contributed by atoms with Gasteiger partial charge in [-0.25, -0.2) is 4.68 Å². The number of nitrogens with zero attached hydrogens (tertiary/aromatic N) is 4. The first-order chi connectivity index (χ1) is 8.16. The maximum atomic E-state index is 11.0. The van der Waals surface area contributed by atoms with E-state index in [9.17, 15) is 4.79 Å². The third-order valence-corrected chi connectivity index (χ3v) is 4.02. The van der Waals surface area contributed by atoms with E-state index in [0.717, 1.165) is 4.88 Å². The van der Waals surface area contributed by atoms with Gasteiger partial charge in [0.2, 0.25) is 11.1 Å². The van der Waals surface area contributed by atoms with Crippen molar-refractivity contribution in [2.45, 2.75) is 23.9 Å². The lowest BCUT2D eigenvalue weighted by Crippen LogP contribution is -2.23. The van der Waals surface area contributed by atoms with Gasteiger partial charge in [0, 0.05) is 4.88 Å². The summed E-state index contributed by atoms with van der Waals surface area (Å²) in [6.07, 6.45) is 0. The average molecular weight is 269 g/mol. The van der Waals surface area contributed by atoms with Crippen LogP contribution >= 0.6 is 23.1 Å². The Morgan fingerprint density at radius 2 is 2.53 bits per heavy atom. The number of primary amides is 1. The first kappa shape index (κ1) is 12.1. The first-order valence-corrected chi connectivity index (χ1v) is 6.67. The zero-order valence-corrected chi connectivity index (χ0v) is 10.7. The molecule has 0 saturated heterocycles. The molecule has 0 spiro atoms. The van der Waals surface area contributed by atoms with Crippen molar-refractivity contribution in [2.75, 3.05) is 0 Å². The monoisotopic (exact) mass is 269 g/mol. The van der Waals surface area contributed by atoms with Gasteiger partial charge in [-0.15, -0.1) is 16.4 Å². The van der Waals surface area contributed by atoms with Gasteiger partial charge < -0.3 is 5.73 Å². The van der Waals surface area contributed by atoms with E-state index < -0.39 is 0 Å². The number of carbonyl (C=O) groups is 1. The van der Waals surface area contributed by atoms with E-state index in [-0.39, 0.29) is 11.2 Å². The molecule has 0 aliphatic rings. The lowest BCUT2D eigenvalue weighted by atomic mass is 10.5. The van der Waals surface area contributed by atoms with Crippen molar-refractivity contribution in [3.8, 4) is 0 Å². The molecule has 0 bridgehead atoms. The fourth-order valence-electron chi connectivity index (χ4n) is 1.15. The molecule has 2 heterocycles. The number of nitrogens with two attached hydrogens (primary N) is 1. The lowest BCUT2D eigenvalue weighted by molar-refractivity contribution is -0.117. The van der Waals surface area contributed by atoms with Crippen molar-refractivity contribution < 1.29 is 4.79 Å². The van der Waals surface area contributed by atoms with Crippen LogP contribution in [0.2, 0.25) is 0 Å². The Balaban J connectivity index is 2.09. The van der Waals surface area contributed by atoms with Gasteiger partial charge in [0.1, 0.15) is 0 Å². The largest absolute Gasteiger partial charge is 0.369 e. The summed E-state index contributed by atoms with van der Waals surface area (Å²) in [4.78, 5) is 12.1. The van der Waals surface area contributed by atoms with Crippen LogP contribution in [0.5, 0.6) is 0 Å². The summed E-state index contributed by atoms with van der Waals surface area (Å²) in [5.74, 6) is -0.374. The Bertz CT molecular complexity index is 495. The fraction of sp³-hybridized carbons (Fsp3) is 0.333. The molecule has 2 rings (SSSR count). The van der Waals surface area contributed by atoms with Gasteiger partial charge in [0.25, 0.3) is 0 Å². The van der Waals surface area contributed by atoms with E-state index >= 15 is 0 Å². The Morgan fingerprint density at radius 1 is 1.71 bits per heavy atom. The highest BCUT2D eigenvalue weighted by molar-refractivity contribution is 8.00. The second kappa shape index (κ2) is 5.28. The Kier molecular flexibility index (Phi) is 3.75. The lowest BCUT2D eigenvalue weighted by Gasteiger charge is -2.06. The molecule has 2 aromatic heterocycles. The molecule has 1 unspecified atom stereocenters. The predicted octanol–water partition coefficient (Wildman–Crippen LogP) is 0.749. The van der Waals surface area contributed by atoms with Gasteiger partial charge in [-0.3, -0.25) is 4.79 Å². The van der Waals surface area contributed by atoms with Crippen LogP contribution in [-0.2, 0) is 11.3 Å². The molecule has 0 saturated carbocycles. The van der Waals surface area contributed by atoms with Gasteiger partial charge in [-0.05, 0) is 28.8 Å². The van der Waals surface area contributed by atoms with E-state index in [2.05, 4.69) is 15.5 Å². The molecule has 0 fully saturated rings. The molecule has 8 heteroatoms. The number of thiophene rings is 1. The van der Waals surface area contributed by atoms with Crippen molar-refractivity contribution in [3.05, 3.63) is 22.4 Å². The van der Waals surface area contributed by atoms with Crippen molar-refractivity contribution in [1.29, 1.82) is 0 Å². The van der Waals surface area contributed by atoms with Gasteiger partial charge >= 0.3 is 0 Å². The summed E-state index contributed by atoms with van der Waals surface area (Å²) in [7, 11) is 0. The summed E-state index contributed by atoms with van der Waals surface area (Å²) < 4.78 is 1.66. The molecular weight excluding hydrogens is 258 g/mol. The number of carbonyl (C=O) groups excluding carboxylic acids is 1. The Hall–Kier alpha value is -1.41. The maximum absolute atomic E-state index is 11.0. The van der Waals surface area contributed by atoms with Gasteiger partial charge in [-0.2, -0.15) is 0 Å². The molecule has 0 aromatic carbocycles. The molecule has 90 valence electrons. The minimum atomic E-state index is -0.374. The number of tetrazole rings is 1. The first-order valence-electron chi connectivity index (χ1n) is 4.91. The zero-order valence-electron chi connectivity index (χ0n) is 9.11. The summed E-state index contributed by atoms with van der Waals surface area (Å²) in [5.41, 5.74) is 5.20. The van der Waals surface area contributed by atoms with Crippen LogP contribution in [0, 0.1) is 0 Å². The molecule has 1 atom stereocenters. The molecule has 6 nitrogen and oxygen atoms in total. The fourth-order valence-corrected chi connectivity index (χ4v) is 2.57. The average Bonchev–Trinajstić information content (AvgIpc) is 2.91. The number of hydrogen-bond acceptors (Lipinski definition) is 6. The van der Waals surface area contributed by atoms with Gasteiger partial charge in [-0.1, -0.05) is 17.8 Å². The van der Waals surface area contributed by atoms with Crippen molar-refractivity contribution >= 4 is 29.0 Å². The summed E-state index contributed by atoms with van der Waals surface area (Å²) in [6.45, 7) is 2.34. The molecule has 0 radical (unpaired) electrons. The summed E-state index contributed by atoms with van der Waals surface area (Å²) in [6, 6.07) is 3.99. The predicted molar refractivity (Wildman–Crippen MR) is 65.8 cm³/mol. The van der Waals surface area contributed by atoms with Crippen LogP contribution in [0.3, 0.4) is 0 Å². The Labute approximate surface area is 106 Å². The summed E-state index contributed by atoms with van der Waals surface area (Å²) >= 11 is 2.90. The van der Waals surface area contributed by atoms with Crippen LogP contribution in [0.4, 0.5) is 0 Å². The van der Waals surface area contributed by atoms with Crippen LogP contribution < -0.4 is 5.73 Å². The second-order valence-corrected chi connectivity index (χ2v) is 5.70. The highest BCUT2D eigenvalue weighted by Gasteiger charge is 2.16. The van der Waals surface area contributed by atoms with E-state index in [4.69, 9.17) is 5.73 Å². The van der Waals surface area contributed by atoms with E-state index in [1.54, 1.807) is 22.9 Å². The van der Waals surface area contributed by atoms with E-state index in [1.807, 2.05) is 17.5 Å². The quantitative estimate of drug-likeness (QED) is 0.809. The second-order valence-electron chi connectivity index (χ2n) is 3.36. The van der Waals surface area contributed by atoms with Crippen molar-refractivity contribution in [3.63, 3.8) is 0 Å². The topological polar surface area (TPSA) is 86.7 Å². The zero-order chi connectivity index (χ0) is 12.3. The Morgan fingerprint density at radius 3 is 3.18 bits per heavy atom. The maximum Gasteiger partial charge on any atom is 0.230 e. The van der Waals surface area contributed by atoms with Crippen molar-refractivity contribution in [1.82, 2.24) is 20.2 Å². The highest BCUT2D eigenvalue weighted by Crippen LogP contribution is 2.21. The smallest absolute Gasteiger partial charge is 0.230 e. The van der Waals surface area contributed by atoms with Gasteiger partial charge in [0.15, 0.2) is 0 Å². The molecule has 2 aromatic rings. The van der Waals surface area contributed by atoms with Crippen LogP contribution in [0.1, 0.15) is 11.8 Å². The third kappa shape index (κ3) is 3.04. The summed E-state index contributed by atoms with van der Waals surface area (Å²) in [5, 5.41) is 13.6. The molecule has 2 N–H and O–H groups in total. The van der Waals surface area contributed by atoms with E-state index in [0.29, 0.717) is 11.7 Å². The highest BCUT2D eigenvalue weighted by atomic mass is 32.2. The number of hydrogen-bond donors (Lipinski definition) is 1. The number of aromatic nitrogens is 4. The molecule has 1 amide bonds. The van der Waals surface area contributed by atoms with Crippen LogP contribution in [0.25, 0.3) is 0 Å². The van der Waals surface area contributed by atoms with Gasteiger partial charge in [0.05, 0.1) is 11.8 Å². The number of thioether (sulfide) groups is 1. The standard InChI is InChI=1S/C9H11N5OS2/c1-6(8(10)15)17-9-11-12-13-14(9)5-7-3-2-4-16-7/h2-4,6H,5H2,1H3,(H2,10,15). The SMILES string of the molecule is CC(Sc1nnnn1Cc1cccs1)C(N)=O. The van der Waals surface area contributed by atoms with Crippen LogP contribution in [-0.4, -0.2) is 31.4 Å². The van der Waals surface area contributed by atoms with Crippen molar-refractivity contribution in [2.24, 2.45) is 5.73 Å². The van der Waals surface area contributed by atoms with E-state index in [1.165, 1.54) is 11.8 Å². The molecule has 0 aliphatic carbocycles. The minimum absolute atomic E-state index is 0.344. The molecule has 0 aliphatic heterocycles. The number of rotatable bonds is 5. The minimum Gasteiger partial charge on any atom is -0.369 e. The normalized spacial score (nSPS) is 12.5. The van der Waals surface area contributed by atoms with Crippen LogP contribution in [0.15, 0.2) is 22.7 Å². The number of amides is 1.